The number of carbonyl (C=O) groups excluding carboxylic acids is 1. The Balaban J connectivity index is 4.75. The van der Waals surface area contributed by atoms with Gasteiger partial charge in [0.25, 0.3) is 11.5 Å². The van der Waals surface area contributed by atoms with Gasteiger partial charge in [-0.25, -0.2) is 4.79 Å². The normalized spacial score (nSPS) is 14.8. The molecule has 0 aliphatic heterocycles. The molecule has 0 bridgehead atoms. The number of carboxylic acids is 2. The molecule has 0 heterocycles. The molecule has 0 saturated heterocycles. The molecule has 0 aliphatic rings. The maximum absolute atomic E-state index is 10.3. The smallest absolute Gasteiger partial charge is 0.346 e. The van der Waals surface area contributed by atoms with Gasteiger partial charge < -0.3 is 21.1 Å². The zero-order valence-corrected chi connectivity index (χ0v) is 5.85. The lowest BCUT2D eigenvalue weighted by Crippen LogP contribution is -2.52. The van der Waals surface area contributed by atoms with Gasteiger partial charge in [-0.1, -0.05) is 0 Å². The van der Waals surface area contributed by atoms with Crippen LogP contribution in [0.15, 0.2) is 0 Å². The highest BCUT2D eigenvalue weighted by atomic mass is 16.4. The van der Waals surface area contributed by atoms with E-state index in [-0.39, 0.29) is 0 Å². The summed E-state index contributed by atoms with van der Waals surface area (Å²) in [6.07, 6.45) is -1.25. The molecule has 1 amide bonds. The average molecular weight is 177 g/mol. The number of rotatable bonds is 4. The van der Waals surface area contributed by atoms with E-state index in [4.69, 9.17) is 15.3 Å². The molecule has 1 unspecified atom stereocenters. The topological polar surface area (TPSA) is 138 Å². The van der Waals surface area contributed by atoms with Crippen LogP contribution in [0.4, 0.5) is 0 Å². The molecule has 7 nitrogen and oxygen atoms in total. The molecule has 5 N–H and O–H groups in total. The largest absolute Gasteiger partial charge is 0.481 e. The summed E-state index contributed by atoms with van der Waals surface area (Å²) >= 11 is 0. The number of aliphatic hydroxyl groups is 1. The first-order valence-electron chi connectivity index (χ1n) is 2.78. The predicted molar refractivity (Wildman–Crippen MR) is 34.0 cm³/mol. The van der Waals surface area contributed by atoms with Crippen molar-refractivity contribution in [1.29, 1.82) is 0 Å². The molecule has 1 atom stereocenters. The van der Waals surface area contributed by atoms with Gasteiger partial charge in [0, 0.05) is 0 Å². The lowest BCUT2D eigenvalue weighted by atomic mass is 10.00. The van der Waals surface area contributed by atoms with Crippen molar-refractivity contribution in [2.24, 2.45) is 5.73 Å². The van der Waals surface area contributed by atoms with E-state index in [2.05, 4.69) is 5.73 Å². The predicted octanol–water partition coefficient (Wildman–Crippen LogP) is -2.24. The van der Waals surface area contributed by atoms with E-state index in [1.807, 2.05) is 0 Å². The minimum absolute atomic E-state index is 1.25. The highest BCUT2D eigenvalue weighted by Crippen LogP contribution is 2.09. The third-order valence-electron chi connectivity index (χ3n) is 1.17. The minimum atomic E-state index is -3.02. The van der Waals surface area contributed by atoms with Crippen LogP contribution in [-0.4, -0.2) is 38.8 Å². The first-order chi connectivity index (χ1) is 5.30. The van der Waals surface area contributed by atoms with Crippen molar-refractivity contribution in [1.82, 2.24) is 0 Å². The van der Waals surface area contributed by atoms with Crippen molar-refractivity contribution in [2.45, 2.75) is 12.0 Å². The van der Waals surface area contributed by atoms with Crippen LogP contribution in [0.5, 0.6) is 0 Å². The second kappa shape index (κ2) is 3.18. The maximum atomic E-state index is 10.3. The molecular weight excluding hydrogens is 170 g/mol. The Bertz CT molecular complexity index is 220. The number of hydrogen-bond acceptors (Lipinski definition) is 4. The summed E-state index contributed by atoms with van der Waals surface area (Å²) in [5.74, 6) is -5.20. The second-order valence-electron chi connectivity index (χ2n) is 2.10. The van der Waals surface area contributed by atoms with E-state index in [1.54, 1.807) is 0 Å². The number of carboxylic acid groups (broad SMARTS) is 2. The zero-order valence-electron chi connectivity index (χ0n) is 5.85. The van der Waals surface area contributed by atoms with Crippen molar-refractivity contribution >= 4 is 17.8 Å². The van der Waals surface area contributed by atoms with Gasteiger partial charge in [-0.15, -0.1) is 0 Å². The van der Waals surface area contributed by atoms with E-state index < -0.39 is 29.9 Å². The van der Waals surface area contributed by atoms with Crippen LogP contribution in [0.25, 0.3) is 0 Å². The Morgan fingerprint density at radius 3 is 1.75 bits per heavy atom. The van der Waals surface area contributed by atoms with Crippen molar-refractivity contribution in [3.8, 4) is 0 Å². The second-order valence-corrected chi connectivity index (χ2v) is 2.10. The number of nitrogens with two attached hydrogens (primary N) is 1. The molecule has 12 heavy (non-hydrogen) atoms. The number of primary amides is 1. The summed E-state index contributed by atoms with van der Waals surface area (Å²) in [6.45, 7) is 0. The van der Waals surface area contributed by atoms with Crippen molar-refractivity contribution in [3.63, 3.8) is 0 Å². The van der Waals surface area contributed by atoms with Gasteiger partial charge in [0.15, 0.2) is 0 Å². The molecule has 7 heteroatoms. The fraction of sp³-hybridized carbons (Fsp3) is 0.400. The van der Waals surface area contributed by atoms with Gasteiger partial charge in [-0.3, -0.25) is 9.59 Å². The number of aliphatic carboxylic acids is 2. The highest BCUT2D eigenvalue weighted by molar-refractivity contribution is 6.06. The first-order valence-corrected chi connectivity index (χ1v) is 2.78. The van der Waals surface area contributed by atoms with E-state index in [1.165, 1.54) is 0 Å². The fourth-order valence-corrected chi connectivity index (χ4v) is 0.487. The van der Waals surface area contributed by atoms with Crippen molar-refractivity contribution in [2.75, 3.05) is 0 Å². The lowest BCUT2D eigenvalue weighted by molar-refractivity contribution is -0.170. The van der Waals surface area contributed by atoms with Crippen LogP contribution in [0.1, 0.15) is 6.42 Å². The van der Waals surface area contributed by atoms with Gasteiger partial charge in [-0.05, 0) is 0 Å². The number of hydrogen-bond donors (Lipinski definition) is 4. The average Bonchev–Trinajstić information content (AvgIpc) is 1.84. The quantitative estimate of drug-likeness (QED) is 0.358. The SMILES string of the molecule is NC(=O)C(O)(CC(=O)O)C(=O)O. The Morgan fingerprint density at radius 1 is 1.25 bits per heavy atom. The summed E-state index contributed by atoms with van der Waals surface area (Å²) in [4.78, 5) is 30.5. The van der Waals surface area contributed by atoms with Crippen LogP contribution < -0.4 is 5.73 Å². The van der Waals surface area contributed by atoms with E-state index in [0.717, 1.165) is 0 Å². The Morgan fingerprint density at radius 2 is 1.67 bits per heavy atom. The van der Waals surface area contributed by atoms with E-state index in [0.29, 0.717) is 0 Å². The molecule has 0 saturated carbocycles. The first kappa shape index (κ1) is 10.4. The molecular formula is C5H7NO6. The van der Waals surface area contributed by atoms with Crippen LogP contribution >= 0.6 is 0 Å². The van der Waals surface area contributed by atoms with Crippen LogP contribution in [-0.2, 0) is 14.4 Å². The summed E-state index contributed by atoms with van der Waals surface area (Å²) in [5.41, 5.74) is 1.47. The summed E-state index contributed by atoms with van der Waals surface area (Å²) < 4.78 is 0. The van der Waals surface area contributed by atoms with Crippen LogP contribution in [0.2, 0.25) is 0 Å². The fourth-order valence-electron chi connectivity index (χ4n) is 0.487. The lowest BCUT2D eigenvalue weighted by Gasteiger charge is -2.16. The van der Waals surface area contributed by atoms with Gasteiger partial charge >= 0.3 is 11.9 Å². The monoisotopic (exact) mass is 177 g/mol. The molecule has 0 spiro atoms. The highest BCUT2D eigenvalue weighted by Gasteiger charge is 2.44. The van der Waals surface area contributed by atoms with Crippen LogP contribution in [0.3, 0.4) is 0 Å². The molecule has 0 aliphatic carbocycles. The third-order valence-corrected chi connectivity index (χ3v) is 1.17. The number of carbonyl (C=O) groups is 3. The van der Waals surface area contributed by atoms with Gasteiger partial charge in [-0.2, -0.15) is 0 Å². The molecule has 68 valence electrons. The Kier molecular flexibility index (Phi) is 2.75. The van der Waals surface area contributed by atoms with Crippen molar-refractivity contribution in [3.05, 3.63) is 0 Å². The molecule has 0 radical (unpaired) electrons. The van der Waals surface area contributed by atoms with Gasteiger partial charge in [0.1, 0.15) is 0 Å². The summed E-state index contributed by atoms with van der Waals surface area (Å²) in [7, 11) is 0. The van der Waals surface area contributed by atoms with E-state index in [9.17, 15) is 14.4 Å². The zero-order chi connectivity index (χ0) is 9.94. The minimum Gasteiger partial charge on any atom is -0.481 e. The molecule has 0 fully saturated rings. The molecule has 0 aromatic rings. The standard InChI is InChI=1S/C5H7NO6/c6-3(9)5(12,4(10)11)1-2(7)8/h12H,1H2,(H2,6,9)(H,7,8)(H,10,11). The Labute approximate surface area is 66.4 Å². The molecule has 0 aromatic carbocycles. The molecule has 0 aromatic heterocycles. The van der Waals surface area contributed by atoms with Gasteiger partial charge in [0.05, 0.1) is 6.42 Å². The maximum Gasteiger partial charge on any atom is 0.346 e. The number of amides is 1. The molecule has 0 rings (SSSR count). The van der Waals surface area contributed by atoms with Gasteiger partial charge in [0.2, 0.25) is 0 Å². The summed E-state index contributed by atoms with van der Waals surface area (Å²) in [5, 5.41) is 25.2. The van der Waals surface area contributed by atoms with E-state index >= 15 is 0 Å². The summed E-state index contributed by atoms with van der Waals surface area (Å²) in [6, 6.07) is 0. The van der Waals surface area contributed by atoms with Crippen LogP contribution in [0, 0.1) is 0 Å². The van der Waals surface area contributed by atoms with Crippen molar-refractivity contribution < 1.29 is 29.7 Å². The Hall–Kier alpha value is -1.63. The third kappa shape index (κ3) is 1.92.